The van der Waals surface area contributed by atoms with Gasteiger partial charge in [0.2, 0.25) is 5.91 Å². The minimum absolute atomic E-state index is 0. The molecule has 21 heavy (non-hydrogen) atoms. The van der Waals surface area contributed by atoms with Gasteiger partial charge in [-0.25, -0.2) is 0 Å². The summed E-state index contributed by atoms with van der Waals surface area (Å²) in [7, 11) is 0. The Morgan fingerprint density at radius 2 is 1.86 bits per heavy atom. The van der Waals surface area contributed by atoms with Crippen molar-refractivity contribution in [3.63, 3.8) is 0 Å². The van der Waals surface area contributed by atoms with E-state index in [-0.39, 0.29) is 23.9 Å². The number of rotatable bonds is 9. The van der Waals surface area contributed by atoms with Gasteiger partial charge in [0.25, 0.3) is 0 Å². The molecular formula is C16H27ClN2O2. The molecule has 0 spiro atoms. The number of nitrogens with two attached hydrogens (primary N) is 1. The van der Waals surface area contributed by atoms with Crippen molar-refractivity contribution in [2.24, 2.45) is 5.73 Å². The summed E-state index contributed by atoms with van der Waals surface area (Å²) in [4.78, 5) is 11.9. The van der Waals surface area contributed by atoms with E-state index in [9.17, 15) is 4.79 Å². The quantitative estimate of drug-likeness (QED) is 0.689. The molecule has 0 saturated heterocycles. The molecule has 0 aliphatic carbocycles. The van der Waals surface area contributed by atoms with Crippen molar-refractivity contribution in [2.45, 2.75) is 45.3 Å². The van der Waals surface area contributed by atoms with Gasteiger partial charge in [-0.1, -0.05) is 44.2 Å². The lowest BCUT2D eigenvalue weighted by Gasteiger charge is -2.31. The first-order valence-corrected chi connectivity index (χ1v) is 7.28. The highest BCUT2D eigenvalue weighted by atomic mass is 35.5. The molecule has 0 atom stereocenters. The summed E-state index contributed by atoms with van der Waals surface area (Å²) in [5.41, 5.74) is 6.61. The van der Waals surface area contributed by atoms with Gasteiger partial charge in [0.15, 0.2) is 0 Å². The van der Waals surface area contributed by atoms with E-state index in [1.165, 1.54) is 0 Å². The van der Waals surface area contributed by atoms with Crippen molar-refractivity contribution in [1.29, 1.82) is 0 Å². The predicted molar refractivity (Wildman–Crippen MR) is 88.5 cm³/mol. The average molecular weight is 315 g/mol. The van der Waals surface area contributed by atoms with E-state index in [1.54, 1.807) is 0 Å². The zero-order chi connectivity index (χ0) is 14.8. The first kappa shape index (κ1) is 19.9. The highest BCUT2D eigenvalue weighted by molar-refractivity contribution is 5.85. The summed E-state index contributed by atoms with van der Waals surface area (Å²) in [6.07, 6.45) is 2.06. The highest BCUT2D eigenvalue weighted by Gasteiger charge is 2.25. The van der Waals surface area contributed by atoms with Crippen LogP contribution in [-0.4, -0.2) is 24.6 Å². The fourth-order valence-corrected chi connectivity index (χ4v) is 2.05. The topological polar surface area (TPSA) is 64.3 Å². The molecule has 5 heteroatoms. The Hall–Kier alpha value is -1.10. The highest BCUT2D eigenvalue weighted by Crippen LogP contribution is 2.13. The van der Waals surface area contributed by atoms with Gasteiger partial charge in [-0.2, -0.15) is 0 Å². The molecule has 0 aromatic heterocycles. The van der Waals surface area contributed by atoms with Crippen molar-refractivity contribution in [1.82, 2.24) is 5.32 Å². The maximum absolute atomic E-state index is 11.9. The minimum atomic E-state index is -0.267. The number of nitrogens with one attached hydrogen (secondary N) is 1. The number of hydrogen-bond donors (Lipinski definition) is 2. The Morgan fingerprint density at radius 3 is 2.38 bits per heavy atom. The van der Waals surface area contributed by atoms with Gasteiger partial charge in [0.05, 0.1) is 18.8 Å². The van der Waals surface area contributed by atoms with Crippen LogP contribution in [0.4, 0.5) is 0 Å². The molecule has 0 heterocycles. The maximum atomic E-state index is 11.9. The first-order chi connectivity index (χ1) is 9.65. The second-order valence-electron chi connectivity index (χ2n) is 5.03. The van der Waals surface area contributed by atoms with Crippen LogP contribution in [0, 0.1) is 0 Å². The van der Waals surface area contributed by atoms with Crippen LogP contribution < -0.4 is 11.1 Å². The summed E-state index contributed by atoms with van der Waals surface area (Å²) in [5.74, 6) is 0.00668. The average Bonchev–Trinajstić information content (AvgIpc) is 2.50. The smallest absolute Gasteiger partial charge is 0.222 e. The molecule has 1 aromatic rings. The second-order valence-corrected chi connectivity index (χ2v) is 5.03. The number of hydrogen-bond acceptors (Lipinski definition) is 3. The lowest BCUT2D eigenvalue weighted by atomic mass is 9.93. The van der Waals surface area contributed by atoms with Crippen LogP contribution in [0.2, 0.25) is 0 Å². The van der Waals surface area contributed by atoms with Crippen molar-refractivity contribution in [2.75, 3.05) is 13.2 Å². The van der Waals surface area contributed by atoms with Crippen LogP contribution in [0.15, 0.2) is 30.3 Å². The van der Waals surface area contributed by atoms with Crippen LogP contribution in [0.3, 0.4) is 0 Å². The lowest BCUT2D eigenvalue weighted by Crippen LogP contribution is -2.53. The zero-order valence-corrected chi connectivity index (χ0v) is 13.7. The Morgan fingerprint density at radius 1 is 1.24 bits per heavy atom. The van der Waals surface area contributed by atoms with Crippen molar-refractivity contribution < 1.29 is 9.53 Å². The molecule has 1 amide bonds. The number of carbonyl (C=O) groups excluding carboxylic acids is 1. The standard InChI is InChI=1S/C16H26N2O2.ClH/c1-3-16(4-2,13-17)18-15(19)10-11-20-12-14-8-6-5-7-9-14;/h5-9H,3-4,10-13,17H2,1-2H3,(H,18,19);1H. The third kappa shape index (κ3) is 6.93. The number of amides is 1. The van der Waals surface area contributed by atoms with Gasteiger partial charge in [-0.3, -0.25) is 4.79 Å². The van der Waals surface area contributed by atoms with Crippen LogP contribution in [0.5, 0.6) is 0 Å². The fraction of sp³-hybridized carbons (Fsp3) is 0.562. The third-order valence-corrected chi connectivity index (χ3v) is 3.73. The summed E-state index contributed by atoms with van der Waals surface area (Å²) in [5, 5.41) is 3.03. The van der Waals surface area contributed by atoms with Crippen LogP contribution >= 0.6 is 12.4 Å². The van der Waals surface area contributed by atoms with Crippen LogP contribution in [-0.2, 0) is 16.1 Å². The van der Waals surface area contributed by atoms with Crippen molar-refractivity contribution in [3.05, 3.63) is 35.9 Å². The summed E-state index contributed by atoms with van der Waals surface area (Å²) in [6.45, 7) is 5.52. The van der Waals surface area contributed by atoms with Gasteiger partial charge in [-0.05, 0) is 18.4 Å². The molecule has 3 N–H and O–H groups in total. The molecule has 1 aromatic carbocycles. The zero-order valence-electron chi connectivity index (χ0n) is 12.9. The van der Waals surface area contributed by atoms with E-state index >= 15 is 0 Å². The number of benzene rings is 1. The van der Waals surface area contributed by atoms with E-state index in [2.05, 4.69) is 5.32 Å². The first-order valence-electron chi connectivity index (χ1n) is 7.28. The van der Waals surface area contributed by atoms with E-state index in [1.807, 2.05) is 44.2 Å². The van der Waals surface area contributed by atoms with Crippen LogP contribution in [0.1, 0.15) is 38.7 Å². The molecule has 0 saturated carbocycles. The molecular weight excluding hydrogens is 288 g/mol. The summed E-state index contributed by atoms with van der Waals surface area (Å²) in [6, 6.07) is 9.94. The predicted octanol–water partition coefficient (Wildman–Crippen LogP) is 2.65. The molecule has 0 aliphatic heterocycles. The molecule has 0 bridgehead atoms. The summed E-state index contributed by atoms with van der Waals surface area (Å²) < 4.78 is 5.51. The fourth-order valence-electron chi connectivity index (χ4n) is 2.05. The Bertz CT molecular complexity index is 386. The van der Waals surface area contributed by atoms with Gasteiger partial charge in [-0.15, -0.1) is 12.4 Å². The van der Waals surface area contributed by atoms with Crippen molar-refractivity contribution in [3.8, 4) is 0 Å². The Balaban J connectivity index is 0.00000400. The normalized spacial score (nSPS) is 10.8. The van der Waals surface area contributed by atoms with E-state index in [0.717, 1.165) is 18.4 Å². The minimum Gasteiger partial charge on any atom is -0.376 e. The van der Waals surface area contributed by atoms with Gasteiger partial charge < -0.3 is 15.8 Å². The second kappa shape index (κ2) is 10.6. The third-order valence-electron chi connectivity index (χ3n) is 3.73. The lowest BCUT2D eigenvalue weighted by molar-refractivity contribution is -0.124. The van der Waals surface area contributed by atoms with Gasteiger partial charge >= 0.3 is 0 Å². The van der Waals surface area contributed by atoms with E-state index in [4.69, 9.17) is 10.5 Å². The summed E-state index contributed by atoms with van der Waals surface area (Å²) >= 11 is 0. The number of carbonyl (C=O) groups is 1. The largest absolute Gasteiger partial charge is 0.376 e. The van der Waals surface area contributed by atoms with Gasteiger partial charge in [0.1, 0.15) is 0 Å². The van der Waals surface area contributed by atoms with E-state index in [0.29, 0.717) is 26.2 Å². The van der Waals surface area contributed by atoms with Crippen molar-refractivity contribution >= 4 is 18.3 Å². The van der Waals surface area contributed by atoms with E-state index < -0.39 is 0 Å². The Labute approximate surface area is 133 Å². The molecule has 120 valence electrons. The maximum Gasteiger partial charge on any atom is 0.222 e. The number of ether oxygens (including phenoxy) is 1. The Kier molecular flexibility index (Phi) is 10.0. The van der Waals surface area contributed by atoms with Gasteiger partial charge in [0, 0.05) is 13.0 Å². The molecule has 0 aliphatic rings. The molecule has 0 unspecified atom stereocenters. The SMILES string of the molecule is CCC(CC)(CN)NC(=O)CCOCc1ccccc1.Cl. The molecule has 0 radical (unpaired) electrons. The monoisotopic (exact) mass is 314 g/mol. The molecule has 0 fully saturated rings. The number of halogens is 1. The van der Waals surface area contributed by atoms with Crippen LogP contribution in [0.25, 0.3) is 0 Å². The molecule has 4 nitrogen and oxygen atoms in total. The molecule has 1 rings (SSSR count).